The summed E-state index contributed by atoms with van der Waals surface area (Å²) in [7, 11) is 3.01. The van der Waals surface area contributed by atoms with Crippen molar-refractivity contribution in [3.05, 3.63) is 59.7 Å². The number of carbonyl (C=O) groups excluding carboxylic acids is 1. The minimum Gasteiger partial charge on any atom is -0.497 e. The van der Waals surface area contributed by atoms with Gasteiger partial charge in [0.15, 0.2) is 0 Å². The summed E-state index contributed by atoms with van der Waals surface area (Å²) in [6.07, 6.45) is 0. The number of hydrogen-bond donors (Lipinski definition) is 0. The number of aryl methyl sites for hydroxylation is 1. The van der Waals surface area contributed by atoms with Gasteiger partial charge >= 0.3 is 5.97 Å². The minimum absolute atomic E-state index is 0.382. The molecule has 0 saturated heterocycles. The number of aromatic nitrogens is 1. The SMILES string of the molecule is COC(=O)c1c(-c2ccccc2C)nsc1-c1ccc(OC)cc1. The fraction of sp³-hybridized carbons (Fsp3) is 0.158. The molecule has 4 nitrogen and oxygen atoms in total. The van der Waals surface area contributed by atoms with Crippen LogP contribution in [0.15, 0.2) is 48.5 Å². The number of esters is 1. The molecule has 0 aliphatic heterocycles. The van der Waals surface area contributed by atoms with Crippen LogP contribution in [-0.4, -0.2) is 24.6 Å². The molecule has 2 aromatic carbocycles. The predicted molar refractivity (Wildman–Crippen MR) is 95.6 cm³/mol. The van der Waals surface area contributed by atoms with Gasteiger partial charge in [-0.25, -0.2) is 4.79 Å². The first-order chi connectivity index (χ1) is 11.7. The summed E-state index contributed by atoms with van der Waals surface area (Å²) in [5, 5.41) is 0. The van der Waals surface area contributed by atoms with E-state index in [1.54, 1.807) is 7.11 Å². The van der Waals surface area contributed by atoms with Crippen LogP contribution in [0.25, 0.3) is 21.7 Å². The Labute approximate surface area is 144 Å². The molecule has 0 fully saturated rings. The fourth-order valence-corrected chi connectivity index (χ4v) is 3.43. The molecule has 0 N–H and O–H groups in total. The molecular weight excluding hydrogens is 322 g/mol. The predicted octanol–water partition coefficient (Wildman–Crippen LogP) is 4.58. The Balaban J connectivity index is 2.17. The van der Waals surface area contributed by atoms with E-state index < -0.39 is 0 Å². The average molecular weight is 339 g/mol. The summed E-state index contributed by atoms with van der Waals surface area (Å²) >= 11 is 1.30. The van der Waals surface area contributed by atoms with E-state index in [0.29, 0.717) is 11.3 Å². The van der Waals surface area contributed by atoms with Crippen molar-refractivity contribution < 1.29 is 14.3 Å². The number of carbonyl (C=O) groups is 1. The second-order valence-electron chi connectivity index (χ2n) is 5.27. The largest absolute Gasteiger partial charge is 0.497 e. The highest BCUT2D eigenvalue weighted by atomic mass is 32.1. The molecular formula is C19H17NO3S. The molecule has 5 heteroatoms. The Morgan fingerprint density at radius 2 is 1.75 bits per heavy atom. The average Bonchev–Trinajstić information content (AvgIpc) is 3.06. The van der Waals surface area contributed by atoms with Crippen LogP contribution >= 0.6 is 11.5 Å². The molecule has 24 heavy (non-hydrogen) atoms. The third-order valence-corrected chi connectivity index (χ3v) is 4.73. The van der Waals surface area contributed by atoms with Crippen LogP contribution in [0.1, 0.15) is 15.9 Å². The van der Waals surface area contributed by atoms with E-state index >= 15 is 0 Å². The van der Waals surface area contributed by atoms with Gasteiger partial charge in [0.1, 0.15) is 11.3 Å². The highest BCUT2D eigenvalue weighted by Crippen LogP contribution is 2.37. The first-order valence-corrected chi connectivity index (χ1v) is 8.21. The van der Waals surface area contributed by atoms with E-state index in [9.17, 15) is 4.79 Å². The van der Waals surface area contributed by atoms with Gasteiger partial charge in [-0.3, -0.25) is 0 Å². The van der Waals surface area contributed by atoms with Crippen molar-refractivity contribution in [1.82, 2.24) is 4.37 Å². The molecule has 0 saturated carbocycles. The normalized spacial score (nSPS) is 10.5. The molecule has 0 radical (unpaired) electrons. The Morgan fingerprint density at radius 3 is 2.38 bits per heavy atom. The summed E-state index contributed by atoms with van der Waals surface area (Å²) in [6, 6.07) is 15.4. The number of rotatable bonds is 4. The molecule has 0 bridgehead atoms. The van der Waals surface area contributed by atoms with Crippen molar-refractivity contribution in [3.8, 4) is 27.4 Å². The first kappa shape index (κ1) is 16.2. The maximum Gasteiger partial charge on any atom is 0.341 e. The quantitative estimate of drug-likeness (QED) is 0.653. The van der Waals surface area contributed by atoms with E-state index in [1.165, 1.54) is 18.6 Å². The van der Waals surface area contributed by atoms with Crippen LogP contribution < -0.4 is 4.74 Å². The van der Waals surface area contributed by atoms with Crippen LogP contribution in [-0.2, 0) is 4.74 Å². The molecule has 1 aromatic heterocycles. The molecule has 0 aliphatic carbocycles. The smallest absolute Gasteiger partial charge is 0.341 e. The van der Waals surface area contributed by atoms with Crippen molar-refractivity contribution in [2.45, 2.75) is 6.92 Å². The van der Waals surface area contributed by atoms with Gasteiger partial charge in [-0.05, 0) is 53.8 Å². The molecule has 0 amide bonds. The number of hydrogen-bond acceptors (Lipinski definition) is 5. The van der Waals surface area contributed by atoms with Crippen molar-refractivity contribution in [1.29, 1.82) is 0 Å². The second-order valence-corrected chi connectivity index (χ2v) is 6.04. The fourth-order valence-electron chi connectivity index (χ4n) is 2.54. The van der Waals surface area contributed by atoms with Gasteiger partial charge in [-0.15, -0.1) is 0 Å². The number of methoxy groups -OCH3 is 2. The zero-order valence-corrected chi connectivity index (χ0v) is 14.5. The Morgan fingerprint density at radius 1 is 1.04 bits per heavy atom. The van der Waals surface area contributed by atoms with Crippen molar-refractivity contribution >= 4 is 17.5 Å². The Hall–Kier alpha value is -2.66. The second kappa shape index (κ2) is 6.84. The van der Waals surface area contributed by atoms with Gasteiger partial charge < -0.3 is 9.47 Å². The lowest BCUT2D eigenvalue weighted by molar-refractivity contribution is 0.0603. The van der Waals surface area contributed by atoms with Crippen LogP contribution in [0.4, 0.5) is 0 Å². The lowest BCUT2D eigenvalue weighted by Crippen LogP contribution is -2.04. The minimum atomic E-state index is -0.382. The molecule has 0 atom stereocenters. The highest BCUT2D eigenvalue weighted by molar-refractivity contribution is 7.10. The third-order valence-electron chi connectivity index (χ3n) is 3.83. The van der Waals surface area contributed by atoms with Crippen molar-refractivity contribution in [3.63, 3.8) is 0 Å². The molecule has 0 aliphatic rings. The summed E-state index contributed by atoms with van der Waals surface area (Å²) < 4.78 is 14.7. The van der Waals surface area contributed by atoms with Crippen molar-refractivity contribution in [2.24, 2.45) is 0 Å². The lowest BCUT2D eigenvalue weighted by Gasteiger charge is -2.07. The van der Waals surface area contributed by atoms with Crippen LogP contribution in [0.5, 0.6) is 5.75 Å². The third kappa shape index (κ3) is 2.90. The molecule has 122 valence electrons. The number of nitrogens with zero attached hydrogens (tertiary/aromatic N) is 1. The monoisotopic (exact) mass is 339 g/mol. The Bertz CT molecular complexity index is 869. The topological polar surface area (TPSA) is 48.4 Å². The zero-order valence-electron chi connectivity index (χ0n) is 13.7. The number of benzene rings is 2. The van der Waals surface area contributed by atoms with Gasteiger partial charge in [0.25, 0.3) is 0 Å². The summed E-state index contributed by atoms with van der Waals surface area (Å²) in [5.74, 6) is 0.384. The van der Waals surface area contributed by atoms with Crippen molar-refractivity contribution in [2.75, 3.05) is 14.2 Å². The number of ether oxygens (including phenoxy) is 2. The molecule has 1 heterocycles. The molecule has 0 unspecified atom stereocenters. The van der Waals surface area contributed by atoms with Gasteiger partial charge in [0.05, 0.1) is 24.8 Å². The zero-order chi connectivity index (χ0) is 17.1. The molecule has 3 aromatic rings. The molecule has 0 spiro atoms. The molecule has 3 rings (SSSR count). The van der Waals surface area contributed by atoms with Crippen LogP contribution in [0.3, 0.4) is 0 Å². The van der Waals surface area contributed by atoms with E-state index in [0.717, 1.165) is 27.3 Å². The van der Waals surface area contributed by atoms with Crippen LogP contribution in [0.2, 0.25) is 0 Å². The Kier molecular flexibility index (Phi) is 4.62. The summed E-state index contributed by atoms with van der Waals surface area (Å²) in [4.78, 5) is 13.2. The lowest BCUT2D eigenvalue weighted by atomic mass is 10.00. The van der Waals surface area contributed by atoms with Crippen LogP contribution in [0, 0.1) is 6.92 Å². The maximum absolute atomic E-state index is 12.4. The summed E-state index contributed by atoms with van der Waals surface area (Å²) in [5.41, 5.74) is 4.08. The maximum atomic E-state index is 12.4. The highest BCUT2D eigenvalue weighted by Gasteiger charge is 2.24. The summed E-state index contributed by atoms with van der Waals surface area (Å²) in [6.45, 7) is 2.00. The van der Waals surface area contributed by atoms with Gasteiger partial charge in [0, 0.05) is 5.56 Å². The van der Waals surface area contributed by atoms with Gasteiger partial charge in [0.2, 0.25) is 0 Å². The van der Waals surface area contributed by atoms with E-state index in [4.69, 9.17) is 9.47 Å². The van der Waals surface area contributed by atoms with E-state index in [-0.39, 0.29) is 5.97 Å². The standard InChI is InChI=1S/C19H17NO3S/c1-12-6-4-5-7-15(12)17-16(19(21)23-3)18(24-20-17)13-8-10-14(22-2)11-9-13/h4-11H,1-3H3. The first-order valence-electron chi connectivity index (χ1n) is 7.44. The van der Waals surface area contributed by atoms with E-state index in [1.807, 2.05) is 55.5 Å². The van der Waals surface area contributed by atoms with Gasteiger partial charge in [-0.1, -0.05) is 24.3 Å². The van der Waals surface area contributed by atoms with Gasteiger partial charge in [-0.2, -0.15) is 4.37 Å². The van der Waals surface area contributed by atoms with E-state index in [2.05, 4.69) is 4.37 Å².